The van der Waals surface area contributed by atoms with Crippen molar-refractivity contribution < 1.29 is 18.0 Å². The van der Waals surface area contributed by atoms with Crippen molar-refractivity contribution in [1.82, 2.24) is 14.8 Å². The quantitative estimate of drug-likeness (QED) is 0.453. The minimum atomic E-state index is -4.38. The first-order valence-corrected chi connectivity index (χ1v) is 13.1. The molecule has 1 aromatic heterocycles. The SMILES string of the molecule is C.Cc1ccc(CC2CCN(CCCC(=O)N3CCC(Nc4ccc(C(F)(F)F)cn4)CC3)CC2)cc1. The number of aryl methyl sites for hydroxylation is 1. The number of rotatable bonds is 8. The molecule has 5 nitrogen and oxygen atoms in total. The Morgan fingerprint density at radius 2 is 1.68 bits per heavy atom. The minimum Gasteiger partial charge on any atom is -0.367 e. The summed E-state index contributed by atoms with van der Waals surface area (Å²) in [6.45, 7) is 6.65. The number of nitrogens with one attached hydrogen (secondary N) is 1. The third kappa shape index (κ3) is 8.73. The third-order valence-corrected chi connectivity index (χ3v) is 7.51. The number of likely N-dealkylation sites (tertiary alicyclic amines) is 2. The van der Waals surface area contributed by atoms with Crippen LogP contribution in [0.1, 0.15) is 62.6 Å². The Hall–Kier alpha value is -2.61. The summed E-state index contributed by atoms with van der Waals surface area (Å²) in [7, 11) is 0. The van der Waals surface area contributed by atoms with Gasteiger partial charge in [-0.3, -0.25) is 4.79 Å². The second kappa shape index (κ2) is 13.3. The molecule has 0 spiro atoms. The molecule has 2 saturated heterocycles. The van der Waals surface area contributed by atoms with Crippen molar-refractivity contribution in [3.8, 4) is 0 Å². The van der Waals surface area contributed by atoms with Crippen molar-refractivity contribution in [2.75, 3.05) is 38.0 Å². The van der Waals surface area contributed by atoms with Crippen molar-refractivity contribution >= 4 is 11.7 Å². The monoisotopic (exact) mass is 518 g/mol. The van der Waals surface area contributed by atoms with Crippen molar-refractivity contribution in [3.05, 3.63) is 59.3 Å². The lowest BCUT2D eigenvalue weighted by molar-refractivity contribution is -0.137. The molecule has 2 aliphatic rings. The van der Waals surface area contributed by atoms with Crippen LogP contribution in [-0.2, 0) is 17.4 Å². The van der Waals surface area contributed by atoms with E-state index in [1.165, 1.54) is 30.0 Å². The Balaban J connectivity index is 0.00000380. The summed E-state index contributed by atoms with van der Waals surface area (Å²) in [4.78, 5) is 21.0. The lowest BCUT2D eigenvalue weighted by Gasteiger charge is -2.34. The number of alkyl halides is 3. The summed E-state index contributed by atoms with van der Waals surface area (Å²) in [6, 6.07) is 11.4. The zero-order valence-electron chi connectivity index (χ0n) is 21.1. The van der Waals surface area contributed by atoms with E-state index in [1.807, 2.05) is 4.90 Å². The highest BCUT2D eigenvalue weighted by Crippen LogP contribution is 2.29. The zero-order chi connectivity index (χ0) is 25.5. The number of amides is 1. The molecule has 0 unspecified atom stereocenters. The highest BCUT2D eigenvalue weighted by molar-refractivity contribution is 5.76. The van der Waals surface area contributed by atoms with Crippen molar-refractivity contribution in [2.45, 2.75) is 71.5 Å². The van der Waals surface area contributed by atoms with E-state index in [0.29, 0.717) is 25.3 Å². The normalized spacial score (nSPS) is 17.9. The molecule has 8 heteroatoms. The first-order chi connectivity index (χ1) is 17.3. The van der Waals surface area contributed by atoms with Gasteiger partial charge in [0.2, 0.25) is 5.91 Å². The van der Waals surface area contributed by atoms with Crippen molar-refractivity contribution in [1.29, 1.82) is 0 Å². The number of halogens is 3. The molecule has 4 rings (SSSR count). The van der Waals surface area contributed by atoms with E-state index >= 15 is 0 Å². The van der Waals surface area contributed by atoms with E-state index in [1.54, 1.807) is 0 Å². The molecule has 0 saturated carbocycles. The molecule has 2 fully saturated rings. The summed E-state index contributed by atoms with van der Waals surface area (Å²) in [5.74, 6) is 1.39. The number of anilines is 1. The van der Waals surface area contributed by atoms with E-state index < -0.39 is 11.7 Å². The highest BCUT2D eigenvalue weighted by atomic mass is 19.4. The number of nitrogens with zero attached hydrogens (tertiary/aromatic N) is 3. The summed E-state index contributed by atoms with van der Waals surface area (Å²) >= 11 is 0. The molecule has 1 N–H and O–H groups in total. The summed E-state index contributed by atoms with van der Waals surface area (Å²) in [5.41, 5.74) is 1.99. The minimum absolute atomic E-state index is 0. The van der Waals surface area contributed by atoms with Crippen LogP contribution >= 0.6 is 0 Å². The van der Waals surface area contributed by atoms with Gasteiger partial charge in [0.25, 0.3) is 0 Å². The van der Waals surface area contributed by atoms with E-state index in [9.17, 15) is 18.0 Å². The maximum Gasteiger partial charge on any atom is 0.417 e. The smallest absolute Gasteiger partial charge is 0.367 e. The Morgan fingerprint density at radius 1 is 1.00 bits per heavy atom. The van der Waals surface area contributed by atoms with Crippen LogP contribution in [0.25, 0.3) is 0 Å². The number of hydrogen-bond acceptors (Lipinski definition) is 4. The molecular formula is C29H41F3N4O. The van der Waals surface area contributed by atoms with Gasteiger partial charge in [-0.2, -0.15) is 13.2 Å². The number of pyridine rings is 1. The average molecular weight is 519 g/mol. The number of benzene rings is 1. The van der Waals surface area contributed by atoms with E-state index in [2.05, 4.69) is 46.4 Å². The van der Waals surface area contributed by atoms with Crippen LogP contribution in [0.3, 0.4) is 0 Å². The van der Waals surface area contributed by atoms with Gasteiger partial charge in [-0.05, 0) is 88.7 Å². The van der Waals surface area contributed by atoms with Gasteiger partial charge in [0.1, 0.15) is 5.82 Å². The average Bonchev–Trinajstić information content (AvgIpc) is 2.87. The van der Waals surface area contributed by atoms with Crippen LogP contribution in [0, 0.1) is 12.8 Å². The van der Waals surface area contributed by atoms with Crippen LogP contribution in [-0.4, -0.2) is 59.5 Å². The molecule has 1 aromatic carbocycles. The Labute approximate surface area is 219 Å². The molecule has 0 radical (unpaired) electrons. The van der Waals surface area contributed by atoms with Crippen molar-refractivity contribution in [2.24, 2.45) is 5.92 Å². The fraction of sp³-hybridized carbons (Fsp3) is 0.586. The maximum absolute atomic E-state index is 12.7. The van der Waals surface area contributed by atoms with Gasteiger partial charge < -0.3 is 15.1 Å². The van der Waals surface area contributed by atoms with Gasteiger partial charge in [-0.25, -0.2) is 4.98 Å². The number of hydrogen-bond donors (Lipinski definition) is 1. The first-order valence-electron chi connectivity index (χ1n) is 13.1. The van der Waals surface area contributed by atoms with Gasteiger partial charge in [0, 0.05) is 31.7 Å². The van der Waals surface area contributed by atoms with Crippen LogP contribution < -0.4 is 5.32 Å². The lowest BCUT2D eigenvalue weighted by Crippen LogP contribution is -2.42. The van der Waals surface area contributed by atoms with Gasteiger partial charge in [0.05, 0.1) is 5.56 Å². The third-order valence-electron chi connectivity index (χ3n) is 7.51. The second-order valence-electron chi connectivity index (χ2n) is 10.3. The predicted octanol–water partition coefficient (Wildman–Crippen LogP) is 6.18. The van der Waals surface area contributed by atoms with Crippen LogP contribution in [0.4, 0.5) is 19.0 Å². The Morgan fingerprint density at radius 3 is 2.27 bits per heavy atom. The van der Waals surface area contributed by atoms with Gasteiger partial charge >= 0.3 is 6.18 Å². The molecule has 1 amide bonds. The van der Waals surface area contributed by atoms with Crippen LogP contribution in [0.2, 0.25) is 0 Å². The fourth-order valence-electron chi connectivity index (χ4n) is 5.21. The fourth-order valence-corrected chi connectivity index (χ4v) is 5.21. The number of carbonyl (C=O) groups is 1. The highest BCUT2D eigenvalue weighted by Gasteiger charge is 2.31. The Bertz CT molecular complexity index is 962. The molecule has 37 heavy (non-hydrogen) atoms. The standard InChI is InChI=1S/C28H37F3N4O.CH4/c1-21-4-6-22(7-5-21)19-23-10-15-34(16-11-23)14-2-3-27(36)35-17-12-25(13-18-35)33-26-9-8-24(20-32-26)28(29,30)31;/h4-9,20,23,25H,2-3,10-19H2,1H3,(H,32,33);1H4. The molecule has 0 bridgehead atoms. The lowest BCUT2D eigenvalue weighted by atomic mass is 9.90. The zero-order valence-corrected chi connectivity index (χ0v) is 21.1. The largest absolute Gasteiger partial charge is 0.417 e. The van der Waals surface area contributed by atoms with Crippen molar-refractivity contribution in [3.63, 3.8) is 0 Å². The number of carbonyl (C=O) groups excluding carboxylic acids is 1. The summed E-state index contributed by atoms with van der Waals surface area (Å²) in [5, 5.41) is 3.20. The molecule has 0 aliphatic carbocycles. The van der Waals surface area contributed by atoms with E-state index in [-0.39, 0.29) is 19.4 Å². The molecule has 204 valence electrons. The first kappa shape index (κ1) is 29.0. The van der Waals surface area contributed by atoms with E-state index in [4.69, 9.17) is 0 Å². The number of aromatic nitrogens is 1. The molecular weight excluding hydrogens is 477 g/mol. The van der Waals surface area contributed by atoms with E-state index in [0.717, 1.165) is 63.5 Å². The predicted molar refractivity (Wildman–Crippen MR) is 142 cm³/mol. The molecule has 2 aliphatic heterocycles. The Kier molecular flexibility index (Phi) is 10.4. The maximum atomic E-state index is 12.7. The van der Waals surface area contributed by atoms with Gasteiger partial charge in [-0.15, -0.1) is 0 Å². The van der Waals surface area contributed by atoms with Crippen LogP contribution in [0.5, 0.6) is 0 Å². The molecule has 0 atom stereocenters. The second-order valence-corrected chi connectivity index (χ2v) is 10.3. The van der Waals surface area contributed by atoms with Gasteiger partial charge in [0.15, 0.2) is 0 Å². The van der Waals surface area contributed by atoms with Crippen LogP contribution in [0.15, 0.2) is 42.6 Å². The topological polar surface area (TPSA) is 48.5 Å². The summed E-state index contributed by atoms with van der Waals surface area (Å²) < 4.78 is 38.1. The molecule has 2 aromatic rings. The summed E-state index contributed by atoms with van der Waals surface area (Å²) in [6.07, 6.45) is 3.06. The molecule has 3 heterocycles. The number of piperidine rings is 2. The van der Waals surface area contributed by atoms with Gasteiger partial charge in [-0.1, -0.05) is 37.3 Å².